The maximum absolute atomic E-state index is 13.6. The smallest absolute Gasteiger partial charge is 0.244 e. The summed E-state index contributed by atoms with van der Waals surface area (Å²) in [5.74, 6) is -0.803. The SMILES string of the molecule is Cc1ccc(N(CC(=O)N(Cc2ccccc2Cl)C(C)C(=O)NC2CCCC2)S(C)(=O)=O)cc1Cl. The molecule has 1 aliphatic rings. The Kier molecular flexibility index (Phi) is 9.07. The van der Waals surface area contributed by atoms with Gasteiger partial charge >= 0.3 is 0 Å². The van der Waals surface area contributed by atoms with Crippen molar-refractivity contribution in [3.8, 4) is 0 Å². The molecular weight excluding hydrogens is 509 g/mol. The average molecular weight is 541 g/mol. The number of nitrogens with one attached hydrogen (secondary N) is 1. The summed E-state index contributed by atoms with van der Waals surface area (Å²) in [6.45, 7) is 3.03. The molecular formula is C25H31Cl2N3O4S. The molecule has 7 nitrogen and oxygen atoms in total. The number of aryl methyl sites for hydroxylation is 1. The molecule has 3 rings (SSSR count). The van der Waals surface area contributed by atoms with Crippen LogP contribution in [0.5, 0.6) is 0 Å². The van der Waals surface area contributed by atoms with Gasteiger partial charge in [-0.15, -0.1) is 0 Å². The second kappa shape index (κ2) is 11.6. The van der Waals surface area contributed by atoms with Gasteiger partial charge in [-0.3, -0.25) is 13.9 Å². The Labute approximate surface area is 217 Å². The third-order valence-corrected chi connectivity index (χ3v) is 8.21. The van der Waals surface area contributed by atoms with E-state index in [1.807, 2.05) is 0 Å². The van der Waals surface area contributed by atoms with E-state index < -0.39 is 28.5 Å². The zero-order chi connectivity index (χ0) is 25.8. The van der Waals surface area contributed by atoms with E-state index in [0.29, 0.717) is 15.6 Å². The van der Waals surface area contributed by atoms with Gasteiger partial charge < -0.3 is 10.2 Å². The predicted molar refractivity (Wildman–Crippen MR) is 140 cm³/mol. The summed E-state index contributed by atoms with van der Waals surface area (Å²) in [6.07, 6.45) is 4.97. The largest absolute Gasteiger partial charge is 0.352 e. The van der Waals surface area contributed by atoms with Crippen molar-refractivity contribution in [2.75, 3.05) is 17.1 Å². The third kappa shape index (κ3) is 7.12. The molecule has 0 aliphatic heterocycles. The summed E-state index contributed by atoms with van der Waals surface area (Å²) in [6, 6.07) is 11.1. The van der Waals surface area contributed by atoms with Crippen molar-refractivity contribution in [3.05, 3.63) is 63.6 Å². The number of rotatable bonds is 9. The lowest BCUT2D eigenvalue weighted by Crippen LogP contribution is -2.52. The lowest BCUT2D eigenvalue weighted by molar-refractivity contribution is -0.139. The molecule has 2 aromatic carbocycles. The molecule has 1 aliphatic carbocycles. The number of hydrogen-bond donors (Lipinski definition) is 1. The molecule has 0 aromatic heterocycles. The Morgan fingerprint density at radius 3 is 2.34 bits per heavy atom. The van der Waals surface area contributed by atoms with Crippen molar-refractivity contribution >= 4 is 50.7 Å². The first-order valence-electron chi connectivity index (χ1n) is 11.5. The summed E-state index contributed by atoms with van der Waals surface area (Å²) >= 11 is 12.6. The number of benzene rings is 2. The summed E-state index contributed by atoms with van der Waals surface area (Å²) in [5.41, 5.74) is 1.72. The number of anilines is 1. The zero-order valence-corrected chi connectivity index (χ0v) is 22.5. The summed E-state index contributed by atoms with van der Waals surface area (Å²) < 4.78 is 26.3. The molecule has 2 amide bonds. The lowest BCUT2D eigenvalue weighted by Gasteiger charge is -2.32. The fourth-order valence-electron chi connectivity index (χ4n) is 4.14. The number of hydrogen-bond acceptors (Lipinski definition) is 4. The van der Waals surface area contributed by atoms with Gasteiger partial charge in [0.2, 0.25) is 21.8 Å². The standard InChI is InChI=1S/C25H31Cl2N3O4S/c1-17-12-13-21(14-23(17)27)30(35(3,33)34)16-24(31)29(15-19-8-4-7-11-22(19)26)18(2)25(32)28-20-9-5-6-10-20/h4,7-8,11-14,18,20H,5-6,9-10,15-16H2,1-3H3,(H,28,32). The van der Waals surface area contributed by atoms with E-state index in [4.69, 9.17) is 23.2 Å². The first kappa shape index (κ1) is 27.3. The second-order valence-electron chi connectivity index (χ2n) is 8.98. The van der Waals surface area contributed by atoms with Crippen LogP contribution in [-0.2, 0) is 26.2 Å². The van der Waals surface area contributed by atoms with E-state index in [2.05, 4.69) is 5.32 Å². The molecule has 10 heteroatoms. The van der Waals surface area contributed by atoms with Crippen molar-refractivity contribution in [1.82, 2.24) is 10.2 Å². The number of sulfonamides is 1. The highest BCUT2D eigenvalue weighted by atomic mass is 35.5. The quantitative estimate of drug-likeness (QED) is 0.506. The van der Waals surface area contributed by atoms with E-state index in [0.717, 1.165) is 41.8 Å². The highest BCUT2D eigenvalue weighted by molar-refractivity contribution is 7.92. The van der Waals surface area contributed by atoms with Gasteiger partial charge in [-0.1, -0.05) is 60.3 Å². The van der Waals surface area contributed by atoms with Crippen LogP contribution in [0.15, 0.2) is 42.5 Å². The monoisotopic (exact) mass is 539 g/mol. The van der Waals surface area contributed by atoms with E-state index in [1.165, 1.54) is 11.0 Å². The Morgan fingerprint density at radius 1 is 1.09 bits per heavy atom. The molecule has 2 aromatic rings. The van der Waals surface area contributed by atoms with Crippen molar-refractivity contribution in [3.63, 3.8) is 0 Å². The minimum absolute atomic E-state index is 0.0595. The van der Waals surface area contributed by atoms with Crippen LogP contribution in [0.3, 0.4) is 0 Å². The Balaban J connectivity index is 1.90. The summed E-state index contributed by atoms with van der Waals surface area (Å²) in [4.78, 5) is 28.0. The van der Waals surface area contributed by atoms with Crippen molar-refractivity contribution in [2.24, 2.45) is 0 Å². The van der Waals surface area contributed by atoms with Crippen LogP contribution >= 0.6 is 23.2 Å². The highest BCUT2D eigenvalue weighted by Crippen LogP contribution is 2.26. The van der Waals surface area contributed by atoms with Crippen LogP contribution in [0.25, 0.3) is 0 Å². The molecule has 0 spiro atoms. The maximum atomic E-state index is 13.6. The minimum Gasteiger partial charge on any atom is -0.352 e. The molecule has 190 valence electrons. The zero-order valence-electron chi connectivity index (χ0n) is 20.1. The van der Waals surface area contributed by atoms with Crippen LogP contribution in [-0.4, -0.2) is 50.0 Å². The molecule has 1 fully saturated rings. The summed E-state index contributed by atoms with van der Waals surface area (Å²) in [5, 5.41) is 3.88. The van der Waals surface area contributed by atoms with Crippen molar-refractivity contribution < 1.29 is 18.0 Å². The van der Waals surface area contributed by atoms with Crippen LogP contribution < -0.4 is 9.62 Å². The third-order valence-electron chi connectivity index (χ3n) is 6.29. The topological polar surface area (TPSA) is 86.8 Å². The molecule has 1 saturated carbocycles. The molecule has 1 unspecified atom stereocenters. The van der Waals surface area contributed by atoms with Crippen LogP contribution in [0, 0.1) is 6.92 Å². The van der Waals surface area contributed by atoms with E-state index >= 15 is 0 Å². The van der Waals surface area contributed by atoms with E-state index in [1.54, 1.807) is 50.2 Å². The number of amides is 2. The van der Waals surface area contributed by atoms with Gasteiger partial charge in [0, 0.05) is 22.6 Å². The second-order valence-corrected chi connectivity index (χ2v) is 11.7. The molecule has 1 N–H and O–H groups in total. The van der Waals surface area contributed by atoms with E-state index in [-0.39, 0.29) is 24.2 Å². The normalized spacial score (nSPS) is 15.0. The Bertz CT molecular complexity index is 1180. The van der Waals surface area contributed by atoms with Crippen LogP contribution in [0.2, 0.25) is 10.0 Å². The summed E-state index contributed by atoms with van der Waals surface area (Å²) in [7, 11) is -3.82. The number of nitrogens with zero attached hydrogens (tertiary/aromatic N) is 2. The van der Waals surface area contributed by atoms with Crippen molar-refractivity contribution in [1.29, 1.82) is 0 Å². The van der Waals surface area contributed by atoms with Gasteiger partial charge in [-0.25, -0.2) is 8.42 Å². The van der Waals surface area contributed by atoms with Gasteiger partial charge in [0.15, 0.2) is 0 Å². The molecule has 0 heterocycles. The van der Waals surface area contributed by atoms with Crippen molar-refractivity contribution in [2.45, 2.75) is 58.2 Å². The molecule has 0 radical (unpaired) electrons. The van der Waals surface area contributed by atoms with Gasteiger partial charge in [-0.2, -0.15) is 0 Å². The fourth-order valence-corrected chi connectivity index (χ4v) is 5.35. The van der Waals surface area contributed by atoms with Crippen LogP contribution in [0.1, 0.15) is 43.7 Å². The molecule has 0 saturated heterocycles. The van der Waals surface area contributed by atoms with Crippen LogP contribution in [0.4, 0.5) is 5.69 Å². The van der Waals surface area contributed by atoms with Gasteiger partial charge in [0.1, 0.15) is 12.6 Å². The predicted octanol–water partition coefficient (Wildman–Crippen LogP) is 4.54. The maximum Gasteiger partial charge on any atom is 0.244 e. The molecule has 1 atom stereocenters. The number of carbonyl (C=O) groups excluding carboxylic acids is 2. The van der Waals surface area contributed by atoms with Gasteiger partial charge in [0.05, 0.1) is 11.9 Å². The number of halogens is 2. The first-order chi connectivity index (χ1) is 16.5. The van der Waals surface area contributed by atoms with Gasteiger partial charge in [-0.05, 0) is 56.0 Å². The lowest BCUT2D eigenvalue weighted by atomic mass is 10.1. The van der Waals surface area contributed by atoms with Gasteiger partial charge in [0.25, 0.3) is 0 Å². The molecule has 35 heavy (non-hydrogen) atoms. The minimum atomic E-state index is -3.82. The average Bonchev–Trinajstić information content (AvgIpc) is 3.30. The first-order valence-corrected chi connectivity index (χ1v) is 14.1. The van der Waals surface area contributed by atoms with E-state index in [9.17, 15) is 18.0 Å². The molecule has 0 bridgehead atoms. The Hall–Kier alpha value is -2.29. The number of carbonyl (C=O) groups is 2. The fraction of sp³-hybridized carbons (Fsp3) is 0.440. The Morgan fingerprint density at radius 2 is 1.74 bits per heavy atom. The highest BCUT2D eigenvalue weighted by Gasteiger charge is 2.31.